The van der Waals surface area contributed by atoms with Crippen molar-refractivity contribution >= 4 is 27.5 Å². The average Bonchev–Trinajstić information content (AvgIpc) is 2.98. The van der Waals surface area contributed by atoms with Crippen LogP contribution in [0.25, 0.3) is 0 Å². The number of carbonyl (C=O) groups excluding carboxylic acids is 1. The first-order valence-electron chi connectivity index (χ1n) is 8.51. The lowest BCUT2D eigenvalue weighted by molar-refractivity contribution is -0.0438. The Balaban J connectivity index is 2.48. The molecule has 7 nitrogen and oxygen atoms in total. The number of halogens is 3. The van der Waals surface area contributed by atoms with Gasteiger partial charge in [-0.05, 0) is 24.5 Å². The third kappa shape index (κ3) is 4.94. The molecule has 11 heteroatoms. The molecule has 0 aliphatic carbocycles. The molecule has 0 bridgehead atoms. The molecule has 28 heavy (non-hydrogen) atoms. The summed E-state index contributed by atoms with van der Waals surface area (Å²) in [6, 6.07) is 5.41. The highest BCUT2D eigenvalue weighted by atomic mass is 32.2. The molecule has 1 aliphatic heterocycles. The molecule has 1 amide bonds. The van der Waals surface area contributed by atoms with Crippen LogP contribution in [0.5, 0.6) is 0 Å². The van der Waals surface area contributed by atoms with Gasteiger partial charge in [-0.25, -0.2) is 4.79 Å². The molecule has 0 radical (unpaired) electrons. The topological polar surface area (TPSA) is 85.3 Å². The second-order valence-corrected chi connectivity index (χ2v) is 8.55. The Morgan fingerprint density at radius 2 is 2.00 bits per heavy atom. The van der Waals surface area contributed by atoms with Gasteiger partial charge in [0.1, 0.15) is 6.10 Å². The standard InChI is InChI=1S/C17H21F3N2O5S/c1-11(2)10-26-16(23)22(28(24,25)17(18,19)20)15-7-5-4-6-13(15)9-14-8-12(3)27-21-14/h4-7,11-12H,8-10H2,1-3H3. The smallest absolute Gasteiger partial charge is 0.448 e. The van der Waals surface area contributed by atoms with Gasteiger partial charge in [0.05, 0.1) is 18.0 Å². The molecule has 1 atom stereocenters. The minimum atomic E-state index is -6.02. The molecule has 156 valence electrons. The Hall–Kier alpha value is -2.30. The van der Waals surface area contributed by atoms with Gasteiger partial charge in [-0.2, -0.15) is 25.9 Å². The maximum atomic E-state index is 13.2. The molecule has 1 heterocycles. The largest absolute Gasteiger partial charge is 0.517 e. The van der Waals surface area contributed by atoms with Gasteiger partial charge in [-0.1, -0.05) is 37.2 Å². The molecule has 1 unspecified atom stereocenters. The first-order chi connectivity index (χ1) is 12.9. The number of carbonyl (C=O) groups is 1. The summed E-state index contributed by atoms with van der Waals surface area (Å²) in [6.45, 7) is 4.88. The van der Waals surface area contributed by atoms with Crippen LogP contribution in [0.4, 0.5) is 23.7 Å². The number of para-hydroxylation sites is 1. The molecular formula is C17H21F3N2O5S. The minimum absolute atomic E-state index is 0.0296. The van der Waals surface area contributed by atoms with Crippen molar-refractivity contribution in [2.24, 2.45) is 11.1 Å². The third-order valence-electron chi connectivity index (χ3n) is 3.73. The molecule has 1 aromatic carbocycles. The fourth-order valence-corrected chi connectivity index (χ4v) is 3.37. The van der Waals surface area contributed by atoms with Crippen molar-refractivity contribution in [3.8, 4) is 0 Å². The predicted octanol–water partition coefficient (Wildman–Crippen LogP) is 3.84. The van der Waals surface area contributed by atoms with Crippen molar-refractivity contribution in [1.29, 1.82) is 0 Å². The number of oxime groups is 1. The van der Waals surface area contributed by atoms with Gasteiger partial charge in [0.2, 0.25) is 0 Å². The Bertz CT molecular complexity index is 853. The van der Waals surface area contributed by atoms with E-state index in [0.29, 0.717) is 12.1 Å². The predicted molar refractivity (Wildman–Crippen MR) is 96.4 cm³/mol. The Morgan fingerprint density at radius 1 is 1.36 bits per heavy atom. The fraction of sp³-hybridized carbons (Fsp3) is 0.529. The molecular weight excluding hydrogens is 401 g/mol. The number of rotatable bonds is 6. The lowest BCUT2D eigenvalue weighted by atomic mass is 10.0. The average molecular weight is 422 g/mol. The first kappa shape index (κ1) is 22.0. The highest BCUT2D eigenvalue weighted by Crippen LogP contribution is 2.34. The summed E-state index contributed by atoms with van der Waals surface area (Å²) in [5.41, 5.74) is -5.41. The van der Waals surface area contributed by atoms with E-state index in [4.69, 9.17) is 9.57 Å². The van der Waals surface area contributed by atoms with Crippen molar-refractivity contribution in [1.82, 2.24) is 0 Å². The molecule has 0 spiro atoms. The van der Waals surface area contributed by atoms with E-state index in [1.165, 1.54) is 18.2 Å². The summed E-state index contributed by atoms with van der Waals surface area (Å²) in [7, 11) is -6.02. The number of anilines is 1. The van der Waals surface area contributed by atoms with Crippen LogP contribution >= 0.6 is 0 Å². The van der Waals surface area contributed by atoms with Crippen LogP contribution in [0.3, 0.4) is 0 Å². The van der Waals surface area contributed by atoms with Crippen LogP contribution in [-0.2, 0) is 26.0 Å². The first-order valence-corrected chi connectivity index (χ1v) is 9.95. The Kier molecular flexibility index (Phi) is 6.58. The van der Waals surface area contributed by atoms with E-state index in [9.17, 15) is 26.4 Å². The van der Waals surface area contributed by atoms with Crippen LogP contribution in [0.1, 0.15) is 32.8 Å². The Labute approximate surface area is 161 Å². The van der Waals surface area contributed by atoms with Crippen molar-refractivity contribution in [3.05, 3.63) is 29.8 Å². The molecule has 0 saturated heterocycles. The van der Waals surface area contributed by atoms with Gasteiger partial charge in [-0.3, -0.25) is 0 Å². The summed E-state index contributed by atoms with van der Waals surface area (Å²) in [4.78, 5) is 17.4. The van der Waals surface area contributed by atoms with Crippen molar-refractivity contribution in [2.45, 2.75) is 45.2 Å². The molecule has 0 aromatic heterocycles. The van der Waals surface area contributed by atoms with Gasteiger partial charge >= 0.3 is 21.6 Å². The number of sulfonamides is 1. The number of ether oxygens (including phenoxy) is 1. The summed E-state index contributed by atoms with van der Waals surface area (Å²) in [5.74, 6) is -0.193. The number of nitrogens with zero attached hydrogens (tertiary/aromatic N) is 2. The lowest BCUT2D eigenvalue weighted by Gasteiger charge is -2.25. The third-order valence-corrected chi connectivity index (χ3v) is 5.14. The van der Waals surface area contributed by atoms with Gasteiger partial charge in [0.15, 0.2) is 0 Å². The molecule has 0 saturated carbocycles. The zero-order valence-electron chi connectivity index (χ0n) is 15.6. The number of hydrogen-bond acceptors (Lipinski definition) is 6. The maximum Gasteiger partial charge on any atom is 0.517 e. The maximum absolute atomic E-state index is 13.2. The van der Waals surface area contributed by atoms with Gasteiger partial charge in [0, 0.05) is 12.8 Å². The minimum Gasteiger partial charge on any atom is -0.448 e. The van der Waals surface area contributed by atoms with Crippen molar-refractivity contribution < 1.29 is 36.0 Å². The molecule has 1 aliphatic rings. The van der Waals surface area contributed by atoms with E-state index in [0.717, 1.165) is 6.07 Å². The zero-order valence-corrected chi connectivity index (χ0v) is 16.4. The van der Waals surface area contributed by atoms with E-state index in [1.807, 2.05) is 0 Å². The summed E-state index contributed by atoms with van der Waals surface area (Å²) in [5, 5.41) is 3.84. The van der Waals surface area contributed by atoms with E-state index >= 15 is 0 Å². The normalized spacial score (nSPS) is 17.2. The number of hydrogen-bond donors (Lipinski definition) is 0. The quantitative estimate of drug-likeness (QED) is 0.695. The van der Waals surface area contributed by atoms with Crippen LogP contribution in [0.2, 0.25) is 0 Å². The van der Waals surface area contributed by atoms with Crippen LogP contribution in [0.15, 0.2) is 29.4 Å². The monoisotopic (exact) mass is 422 g/mol. The van der Waals surface area contributed by atoms with Crippen molar-refractivity contribution in [2.75, 3.05) is 10.9 Å². The van der Waals surface area contributed by atoms with Gasteiger partial charge < -0.3 is 9.57 Å². The molecule has 2 rings (SSSR count). The van der Waals surface area contributed by atoms with Crippen LogP contribution in [0, 0.1) is 5.92 Å². The molecule has 0 N–H and O–H groups in total. The van der Waals surface area contributed by atoms with Crippen molar-refractivity contribution in [3.63, 3.8) is 0 Å². The van der Waals surface area contributed by atoms with Crippen LogP contribution < -0.4 is 4.31 Å². The SMILES string of the molecule is CC(C)COC(=O)N(c1ccccc1CC1=NOC(C)C1)S(=O)(=O)C(F)(F)F. The molecule has 0 fully saturated rings. The molecule has 1 aromatic rings. The second-order valence-electron chi connectivity index (χ2n) is 6.77. The number of benzene rings is 1. The Morgan fingerprint density at radius 3 is 2.54 bits per heavy atom. The van der Waals surface area contributed by atoms with Gasteiger partial charge in [-0.15, -0.1) is 0 Å². The zero-order chi connectivity index (χ0) is 21.1. The number of amides is 1. The number of alkyl halides is 3. The summed E-state index contributed by atoms with van der Waals surface area (Å²) in [6.07, 6.45) is -1.33. The van der Waals surface area contributed by atoms with E-state index < -0.39 is 27.3 Å². The second kappa shape index (κ2) is 8.38. The highest BCUT2D eigenvalue weighted by molar-refractivity contribution is 7.94. The summed E-state index contributed by atoms with van der Waals surface area (Å²) < 4.78 is 68.4. The van der Waals surface area contributed by atoms with E-state index in [2.05, 4.69) is 5.16 Å². The highest BCUT2D eigenvalue weighted by Gasteiger charge is 2.53. The van der Waals surface area contributed by atoms with E-state index in [1.54, 1.807) is 20.8 Å². The fourth-order valence-electron chi connectivity index (χ4n) is 2.48. The van der Waals surface area contributed by atoms with Crippen LogP contribution in [-0.4, -0.2) is 38.4 Å². The summed E-state index contributed by atoms with van der Waals surface area (Å²) >= 11 is 0. The van der Waals surface area contributed by atoms with Gasteiger partial charge in [0.25, 0.3) is 0 Å². The lowest BCUT2D eigenvalue weighted by Crippen LogP contribution is -2.45. The van der Waals surface area contributed by atoms with E-state index in [-0.39, 0.29) is 34.9 Å².